The van der Waals surface area contributed by atoms with Crippen molar-refractivity contribution in [3.8, 4) is 0 Å². The Kier molecular flexibility index (Phi) is 3.70. The molecule has 1 unspecified atom stereocenters. The summed E-state index contributed by atoms with van der Waals surface area (Å²) < 4.78 is 74.3. The monoisotopic (exact) mass is 311 g/mol. The van der Waals surface area contributed by atoms with Crippen molar-refractivity contribution in [2.24, 2.45) is 5.92 Å². The second kappa shape index (κ2) is 4.91. The van der Waals surface area contributed by atoms with Crippen LogP contribution in [0.4, 0.5) is 23.2 Å². The Balaban J connectivity index is 2.55. The number of benzene rings is 1. The Bertz CT molecular complexity index is 612. The van der Waals surface area contributed by atoms with Gasteiger partial charge in [-0.3, -0.25) is 0 Å². The summed E-state index contributed by atoms with van der Waals surface area (Å²) in [6, 6.07) is 2.49. The molecule has 0 N–H and O–H groups in total. The Hall–Kier alpha value is -1.31. The second-order valence-corrected chi connectivity index (χ2v) is 6.81. The van der Waals surface area contributed by atoms with Crippen LogP contribution in [0.25, 0.3) is 0 Å². The fourth-order valence-electron chi connectivity index (χ4n) is 2.24. The van der Waals surface area contributed by atoms with Gasteiger partial charge in [0.15, 0.2) is 0 Å². The zero-order valence-electron chi connectivity index (χ0n) is 10.6. The molecule has 1 heterocycles. The minimum atomic E-state index is -5.57. The van der Waals surface area contributed by atoms with Gasteiger partial charge in [0.05, 0.1) is 5.69 Å². The molecule has 1 fully saturated rings. The van der Waals surface area contributed by atoms with Gasteiger partial charge in [-0.05, 0) is 30.5 Å². The van der Waals surface area contributed by atoms with Crippen LogP contribution in [-0.2, 0) is 9.84 Å². The van der Waals surface area contributed by atoms with E-state index in [1.54, 1.807) is 4.90 Å². The molecule has 0 saturated carbocycles. The summed E-state index contributed by atoms with van der Waals surface area (Å²) >= 11 is 0. The minimum Gasteiger partial charge on any atom is -0.370 e. The third-order valence-electron chi connectivity index (χ3n) is 3.28. The lowest BCUT2D eigenvalue weighted by Crippen LogP contribution is -2.27. The van der Waals surface area contributed by atoms with Crippen LogP contribution in [0, 0.1) is 11.7 Å². The van der Waals surface area contributed by atoms with E-state index in [-0.39, 0.29) is 11.6 Å². The first-order chi connectivity index (χ1) is 9.13. The summed E-state index contributed by atoms with van der Waals surface area (Å²) in [5.41, 5.74) is -5.53. The minimum absolute atomic E-state index is 0.0897. The molecule has 1 aromatic carbocycles. The second-order valence-electron chi connectivity index (χ2n) is 4.90. The first-order valence-corrected chi connectivity index (χ1v) is 7.47. The summed E-state index contributed by atoms with van der Waals surface area (Å²) in [7, 11) is -5.57. The van der Waals surface area contributed by atoms with Gasteiger partial charge in [-0.25, -0.2) is 12.8 Å². The van der Waals surface area contributed by atoms with E-state index < -0.39 is 26.1 Å². The maximum atomic E-state index is 13.2. The number of anilines is 1. The summed E-state index contributed by atoms with van der Waals surface area (Å²) in [6.07, 6.45) is 0.753. The topological polar surface area (TPSA) is 37.4 Å². The van der Waals surface area contributed by atoms with E-state index in [2.05, 4.69) is 0 Å². The molecule has 2 rings (SSSR count). The lowest BCUT2D eigenvalue weighted by molar-refractivity contribution is -0.0435. The van der Waals surface area contributed by atoms with Crippen molar-refractivity contribution in [2.45, 2.75) is 23.7 Å². The van der Waals surface area contributed by atoms with E-state index in [0.29, 0.717) is 19.2 Å². The zero-order valence-corrected chi connectivity index (χ0v) is 11.4. The van der Waals surface area contributed by atoms with E-state index >= 15 is 0 Å². The quantitative estimate of drug-likeness (QED) is 0.788. The fraction of sp³-hybridized carbons (Fsp3) is 0.500. The van der Waals surface area contributed by atoms with Crippen LogP contribution in [0.1, 0.15) is 13.3 Å². The predicted molar refractivity (Wildman–Crippen MR) is 65.6 cm³/mol. The van der Waals surface area contributed by atoms with Crippen molar-refractivity contribution < 1.29 is 26.0 Å². The lowest BCUT2D eigenvalue weighted by atomic mass is 10.2. The normalized spacial score (nSPS) is 20.4. The van der Waals surface area contributed by atoms with Gasteiger partial charge in [-0.2, -0.15) is 13.2 Å². The van der Waals surface area contributed by atoms with Crippen LogP contribution in [0.2, 0.25) is 0 Å². The number of rotatable bonds is 2. The van der Waals surface area contributed by atoms with Crippen LogP contribution >= 0.6 is 0 Å². The zero-order chi connectivity index (χ0) is 15.1. The van der Waals surface area contributed by atoms with Gasteiger partial charge in [-0.1, -0.05) is 6.92 Å². The maximum absolute atomic E-state index is 13.2. The molecule has 112 valence electrons. The smallest absolute Gasteiger partial charge is 0.370 e. The molecule has 1 saturated heterocycles. The number of nitrogens with zero attached hydrogens (tertiary/aromatic N) is 1. The fourth-order valence-corrected chi connectivity index (χ4v) is 3.23. The van der Waals surface area contributed by atoms with E-state index in [1.165, 1.54) is 0 Å². The number of hydrogen-bond acceptors (Lipinski definition) is 3. The largest absolute Gasteiger partial charge is 0.501 e. The predicted octanol–water partition coefficient (Wildman–Crippen LogP) is 2.97. The van der Waals surface area contributed by atoms with E-state index in [0.717, 1.165) is 18.6 Å². The Morgan fingerprint density at radius 2 is 1.95 bits per heavy atom. The molecule has 20 heavy (non-hydrogen) atoms. The molecule has 0 bridgehead atoms. The molecule has 0 aliphatic carbocycles. The molecule has 0 amide bonds. The van der Waals surface area contributed by atoms with Crippen molar-refractivity contribution >= 4 is 15.5 Å². The molecule has 1 atom stereocenters. The molecule has 0 spiro atoms. The van der Waals surface area contributed by atoms with Crippen LogP contribution in [-0.4, -0.2) is 27.0 Å². The van der Waals surface area contributed by atoms with Crippen molar-refractivity contribution in [3.05, 3.63) is 24.0 Å². The van der Waals surface area contributed by atoms with Crippen LogP contribution in [0.5, 0.6) is 0 Å². The number of hydrogen-bond donors (Lipinski definition) is 0. The molecule has 8 heteroatoms. The highest BCUT2D eigenvalue weighted by Crippen LogP contribution is 2.37. The number of halogens is 4. The molecule has 1 aliphatic rings. The Morgan fingerprint density at radius 1 is 1.30 bits per heavy atom. The van der Waals surface area contributed by atoms with Gasteiger partial charge >= 0.3 is 5.51 Å². The molecule has 0 radical (unpaired) electrons. The first kappa shape index (κ1) is 15.1. The van der Waals surface area contributed by atoms with E-state index in [1.807, 2.05) is 6.92 Å². The van der Waals surface area contributed by atoms with E-state index in [9.17, 15) is 26.0 Å². The third-order valence-corrected chi connectivity index (χ3v) is 4.80. The van der Waals surface area contributed by atoms with Gasteiger partial charge in [0.1, 0.15) is 10.7 Å². The first-order valence-electron chi connectivity index (χ1n) is 5.99. The highest BCUT2D eigenvalue weighted by Gasteiger charge is 2.48. The maximum Gasteiger partial charge on any atom is 0.501 e. The summed E-state index contributed by atoms with van der Waals surface area (Å²) in [6.45, 7) is 2.82. The third kappa shape index (κ3) is 2.61. The van der Waals surface area contributed by atoms with Crippen molar-refractivity contribution in [2.75, 3.05) is 18.0 Å². The van der Waals surface area contributed by atoms with Gasteiger partial charge in [0.2, 0.25) is 0 Å². The molecular formula is C12H13F4NO2S. The lowest BCUT2D eigenvalue weighted by Gasteiger charge is -2.22. The Labute approximate surface area is 114 Å². The number of alkyl halides is 3. The van der Waals surface area contributed by atoms with Crippen molar-refractivity contribution in [1.82, 2.24) is 0 Å². The van der Waals surface area contributed by atoms with Gasteiger partial charge in [0.25, 0.3) is 9.84 Å². The highest BCUT2D eigenvalue weighted by atomic mass is 32.2. The van der Waals surface area contributed by atoms with Gasteiger partial charge in [0, 0.05) is 13.1 Å². The summed E-state index contributed by atoms with van der Waals surface area (Å²) in [4.78, 5) is 0.530. The summed E-state index contributed by atoms with van der Waals surface area (Å²) in [5.74, 6) is -0.759. The highest BCUT2D eigenvalue weighted by molar-refractivity contribution is 7.92. The van der Waals surface area contributed by atoms with Crippen LogP contribution in [0.15, 0.2) is 23.1 Å². The van der Waals surface area contributed by atoms with Crippen molar-refractivity contribution in [3.63, 3.8) is 0 Å². The molecule has 3 nitrogen and oxygen atoms in total. The van der Waals surface area contributed by atoms with Gasteiger partial charge in [-0.15, -0.1) is 0 Å². The van der Waals surface area contributed by atoms with Crippen LogP contribution in [0.3, 0.4) is 0 Å². The molecule has 1 aromatic rings. The average molecular weight is 311 g/mol. The molecule has 1 aliphatic heterocycles. The van der Waals surface area contributed by atoms with E-state index in [4.69, 9.17) is 0 Å². The standard InChI is InChI=1S/C12H13F4NO2S/c1-8-4-5-17(7-8)10-3-2-9(13)6-11(10)20(18,19)12(14,15)16/h2-3,6,8H,4-5,7H2,1H3. The van der Waals surface area contributed by atoms with Crippen molar-refractivity contribution in [1.29, 1.82) is 0 Å². The summed E-state index contributed by atoms with van der Waals surface area (Å²) in [5, 5.41) is 0. The van der Waals surface area contributed by atoms with Gasteiger partial charge < -0.3 is 4.90 Å². The Morgan fingerprint density at radius 3 is 2.45 bits per heavy atom. The van der Waals surface area contributed by atoms with Crippen LogP contribution < -0.4 is 4.90 Å². The average Bonchev–Trinajstić information content (AvgIpc) is 2.74. The number of sulfone groups is 1. The SMILES string of the molecule is CC1CCN(c2ccc(F)cc2S(=O)(=O)C(F)(F)F)C1. The molecule has 0 aromatic heterocycles. The molecular weight excluding hydrogens is 298 g/mol.